The van der Waals surface area contributed by atoms with Gasteiger partial charge in [-0.3, -0.25) is 14.4 Å². The van der Waals surface area contributed by atoms with Crippen LogP contribution in [0.25, 0.3) is 0 Å². The Morgan fingerprint density at radius 2 is 1.83 bits per heavy atom. The van der Waals surface area contributed by atoms with Crippen LogP contribution in [0.1, 0.15) is 21.7 Å². The molecule has 122 valence electrons. The first-order chi connectivity index (χ1) is 11.1. The zero-order valence-electron chi connectivity index (χ0n) is 13.9. The molecule has 2 aromatic rings. The second-order valence-electron chi connectivity index (χ2n) is 6.16. The van der Waals surface area contributed by atoms with Gasteiger partial charge in [0.2, 0.25) is 0 Å². The summed E-state index contributed by atoms with van der Waals surface area (Å²) in [7, 11) is 1.83. The summed E-state index contributed by atoms with van der Waals surface area (Å²) in [5.74, 6) is 0.0933. The molecule has 5 heteroatoms. The van der Waals surface area contributed by atoms with Crippen molar-refractivity contribution in [1.82, 2.24) is 19.6 Å². The number of benzene rings is 1. The highest BCUT2D eigenvalue weighted by Gasteiger charge is 2.24. The van der Waals surface area contributed by atoms with E-state index in [1.54, 1.807) is 4.68 Å². The van der Waals surface area contributed by atoms with Crippen molar-refractivity contribution in [3.63, 3.8) is 0 Å². The third-order valence-electron chi connectivity index (χ3n) is 4.44. The normalized spacial score (nSPS) is 15.8. The Balaban J connectivity index is 1.50. The Hall–Kier alpha value is -2.14. The van der Waals surface area contributed by atoms with Gasteiger partial charge >= 0.3 is 0 Å². The van der Waals surface area contributed by atoms with Crippen LogP contribution < -0.4 is 0 Å². The van der Waals surface area contributed by atoms with Gasteiger partial charge in [-0.05, 0) is 25.0 Å². The van der Waals surface area contributed by atoms with E-state index in [2.05, 4.69) is 34.3 Å². The molecule has 0 bridgehead atoms. The van der Waals surface area contributed by atoms with Gasteiger partial charge in [-0.2, -0.15) is 5.10 Å². The van der Waals surface area contributed by atoms with Crippen molar-refractivity contribution in [2.45, 2.75) is 13.3 Å². The van der Waals surface area contributed by atoms with Gasteiger partial charge in [0.05, 0.1) is 5.69 Å². The highest BCUT2D eigenvalue weighted by atomic mass is 16.2. The van der Waals surface area contributed by atoms with Crippen LogP contribution in [0.4, 0.5) is 0 Å². The summed E-state index contributed by atoms with van der Waals surface area (Å²) < 4.78 is 1.68. The van der Waals surface area contributed by atoms with Gasteiger partial charge in [0.1, 0.15) is 5.69 Å². The Bertz CT molecular complexity index is 657. The minimum atomic E-state index is 0.0933. The highest BCUT2D eigenvalue weighted by molar-refractivity contribution is 5.92. The first-order valence-corrected chi connectivity index (χ1v) is 8.19. The SMILES string of the molecule is Cc1cc(C(=O)N2CCN(CCc3ccccc3)CC2)n(C)n1. The van der Waals surface area contributed by atoms with Crippen molar-refractivity contribution >= 4 is 5.91 Å². The predicted molar refractivity (Wildman–Crippen MR) is 90.4 cm³/mol. The molecule has 1 aromatic heterocycles. The Morgan fingerprint density at radius 1 is 1.13 bits per heavy atom. The molecule has 0 N–H and O–H groups in total. The second kappa shape index (κ2) is 6.96. The van der Waals surface area contributed by atoms with Crippen molar-refractivity contribution in [3.05, 3.63) is 53.3 Å². The molecule has 0 unspecified atom stereocenters. The summed E-state index contributed by atoms with van der Waals surface area (Å²) in [5.41, 5.74) is 2.94. The summed E-state index contributed by atoms with van der Waals surface area (Å²) in [5, 5.41) is 4.26. The van der Waals surface area contributed by atoms with E-state index in [0.717, 1.165) is 44.8 Å². The van der Waals surface area contributed by atoms with Crippen molar-refractivity contribution in [3.8, 4) is 0 Å². The maximum absolute atomic E-state index is 12.6. The van der Waals surface area contributed by atoms with E-state index in [0.29, 0.717) is 5.69 Å². The number of nitrogens with zero attached hydrogens (tertiary/aromatic N) is 4. The molecule has 1 fully saturated rings. The van der Waals surface area contributed by atoms with Crippen LogP contribution in [-0.2, 0) is 13.5 Å². The van der Waals surface area contributed by atoms with E-state index >= 15 is 0 Å². The molecule has 0 aliphatic carbocycles. The topological polar surface area (TPSA) is 41.4 Å². The molecule has 0 atom stereocenters. The molecule has 1 amide bonds. The molecule has 1 saturated heterocycles. The maximum Gasteiger partial charge on any atom is 0.272 e. The van der Waals surface area contributed by atoms with E-state index in [1.807, 2.05) is 31.0 Å². The number of aryl methyl sites for hydroxylation is 2. The third-order valence-corrected chi connectivity index (χ3v) is 4.44. The lowest BCUT2D eigenvalue weighted by atomic mass is 10.1. The minimum Gasteiger partial charge on any atom is -0.335 e. The van der Waals surface area contributed by atoms with Gasteiger partial charge in [-0.1, -0.05) is 30.3 Å². The van der Waals surface area contributed by atoms with Gasteiger partial charge in [-0.25, -0.2) is 0 Å². The molecule has 2 heterocycles. The number of carbonyl (C=O) groups excluding carboxylic acids is 1. The fraction of sp³-hybridized carbons (Fsp3) is 0.444. The average Bonchev–Trinajstić information content (AvgIpc) is 2.92. The molecule has 1 aromatic carbocycles. The number of hydrogen-bond donors (Lipinski definition) is 0. The number of piperazine rings is 1. The van der Waals surface area contributed by atoms with E-state index in [4.69, 9.17) is 0 Å². The highest BCUT2D eigenvalue weighted by Crippen LogP contribution is 2.10. The smallest absolute Gasteiger partial charge is 0.272 e. The average molecular weight is 312 g/mol. The number of amides is 1. The molecule has 3 rings (SSSR count). The van der Waals surface area contributed by atoms with Crippen molar-refractivity contribution in [2.75, 3.05) is 32.7 Å². The first-order valence-electron chi connectivity index (χ1n) is 8.19. The van der Waals surface area contributed by atoms with Gasteiger partial charge in [-0.15, -0.1) is 0 Å². The van der Waals surface area contributed by atoms with Gasteiger partial charge in [0.25, 0.3) is 5.91 Å². The molecule has 1 aliphatic rings. The molecular weight excluding hydrogens is 288 g/mol. The largest absolute Gasteiger partial charge is 0.335 e. The summed E-state index contributed by atoms with van der Waals surface area (Å²) in [4.78, 5) is 16.9. The van der Waals surface area contributed by atoms with Gasteiger partial charge in [0.15, 0.2) is 0 Å². The Labute approximate surface area is 137 Å². The lowest BCUT2D eigenvalue weighted by Crippen LogP contribution is -2.49. The molecule has 0 saturated carbocycles. The first kappa shape index (κ1) is 15.7. The summed E-state index contributed by atoms with van der Waals surface area (Å²) in [6, 6.07) is 12.4. The van der Waals surface area contributed by atoms with E-state index in [1.165, 1.54) is 5.56 Å². The Morgan fingerprint density at radius 3 is 2.43 bits per heavy atom. The minimum absolute atomic E-state index is 0.0933. The van der Waals surface area contributed by atoms with Crippen molar-refractivity contribution < 1.29 is 4.79 Å². The van der Waals surface area contributed by atoms with Crippen LogP contribution in [0, 0.1) is 6.92 Å². The molecule has 5 nitrogen and oxygen atoms in total. The number of rotatable bonds is 4. The van der Waals surface area contributed by atoms with Crippen LogP contribution in [0.2, 0.25) is 0 Å². The molecule has 0 spiro atoms. The van der Waals surface area contributed by atoms with Crippen molar-refractivity contribution in [2.24, 2.45) is 7.05 Å². The van der Waals surface area contributed by atoms with Crippen LogP contribution in [0.5, 0.6) is 0 Å². The quantitative estimate of drug-likeness (QED) is 0.863. The fourth-order valence-corrected chi connectivity index (χ4v) is 3.08. The zero-order chi connectivity index (χ0) is 16.2. The van der Waals surface area contributed by atoms with Crippen LogP contribution in [-0.4, -0.2) is 58.2 Å². The van der Waals surface area contributed by atoms with E-state index in [-0.39, 0.29) is 5.91 Å². The summed E-state index contributed by atoms with van der Waals surface area (Å²) in [6.45, 7) is 6.43. The van der Waals surface area contributed by atoms with E-state index < -0.39 is 0 Å². The van der Waals surface area contributed by atoms with Crippen molar-refractivity contribution in [1.29, 1.82) is 0 Å². The monoisotopic (exact) mass is 312 g/mol. The van der Waals surface area contributed by atoms with Gasteiger partial charge in [0, 0.05) is 39.8 Å². The number of aromatic nitrogens is 2. The third kappa shape index (κ3) is 3.79. The molecular formula is C18H24N4O. The van der Waals surface area contributed by atoms with Crippen LogP contribution >= 0.6 is 0 Å². The van der Waals surface area contributed by atoms with Crippen LogP contribution in [0.3, 0.4) is 0 Å². The number of hydrogen-bond acceptors (Lipinski definition) is 3. The predicted octanol–water partition coefficient (Wildman–Crippen LogP) is 1.73. The Kier molecular flexibility index (Phi) is 4.76. The van der Waals surface area contributed by atoms with E-state index in [9.17, 15) is 4.79 Å². The summed E-state index contributed by atoms with van der Waals surface area (Å²) in [6.07, 6.45) is 1.07. The zero-order valence-corrected chi connectivity index (χ0v) is 13.9. The maximum atomic E-state index is 12.6. The van der Waals surface area contributed by atoms with Gasteiger partial charge < -0.3 is 4.90 Å². The molecule has 1 aliphatic heterocycles. The van der Waals surface area contributed by atoms with Crippen LogP contribution in [0.15, 0.2) is 36.4 Å². The fourth-order valence-electron chi connectivity index (χ4n) is 3.08. The summed E-state index contributed by atoms with van der Waals surface area (Å²) >= 11 is 0. The molecule has 23 heavy (non-hydrogen) atoms. The lowest BCUT2D eigenvalue weighted by Gasteiger charge is -2.34. The number of carbonyl (C=O) groups is 1. The standard InChI is InChI=1S/C18H24N4O/c1-15-14-17(20(2)19-15)18(23)22-12-10-21(11-13-22)9-8-16-6-4-3-5-7-16/h3-7,14H,8-13H2,1-2H3. The second-order valence-corrected chi connectivity index (χ2v) is 6.16. The lowest BCUT2D eigenvalue weighted by molar-refractivity contribution is 0.0627. The molecule has 0 radical (unpaired) electrons.